The minimum Gasteiger partial charge on any atom is -0.507 e. The average molecular weight is 325 g/mol. The van der Waals surface area contributed by atoms with Crippen LogP contribution in [0.2, 0.25) is 0 Å². The molecule has 0 bridgehead atoms. The molecule has 3 aromatic rings. The highest BCUT2D eigenvalue weighted by molar-refractivity contribution is 6.01. The summed E-state index contributed by atoms with van der Waals surface area (Å²) in [6, 6.07) is 12.9. The lowest BCUT2D eigenvalue weighted by molar-refractivity contribution is -0.402. The van der Waals surface area contributed by atoms with Crippen molar-refractivity contribution in [3.63, 3.8) is 0 Å². The van der Waals surface area contributed by atoms with Gasteiger partial charge in [0, 0.05) is 0 Å². The Bertz CT molecular complexity index is 961. The third-order valence-electron chi connectivity index (χ3n) is 3.26. The van der Waals surface area contributed by atoms with Crippen LogP contribution in [-0.4, -0.2) is 22.2 Å². The highest BCUT2D eigenvalue weighted by Crippen LogP contribution is 2.24. The van der Waals surface area contributed by atoms with E-state index in [1.807, 2.05) is 24.3 Å². The fourth-order valence-electron chi connectivity index (χ4n) is 2.13. The second-order valence-corrected chi connectivity index (χ2v) is 4.85. The molecule has 0 saturated heterocycles. The first-order chi connectivity index (χ1) is 11.5. The van der Waals surface area contributed by atoms with E-state index in [0.717, 1.165) is 17.0 Å². The van der Waals surface area contributed by atoms with Crippen LogP contribution in [0.1, 0.15) is 16.1 Å². The van der Waals surface area contributed by atoms with Crippen molar-refractivity contribution < 1.29 is 19.2 Å². The van der Waals surface area contributed by atoms with Gasteiger partial charge in [-0.1, -0.05) is 24.3 Å². The highest BCUT2D eigenvalue weighted by Gasteiger charge is 2.13. The summed E-state index contributed by atoms with van der Waals surface area (Å²) in [5, 5.41) is 25.7. The van der Waals surface area contributed by atoms with Crippen LogP contribution in [0.25, 0.3) is 10.8 Å². The van der Waals surface area contributed by atoms with Gasteiger partial charge in [-0.15, -0.1) is 0 Å². The number of aromatic hydroxyl groups is 1. The molecule has 8 heteroatoms. The number of hydrazone groups is 1. The Hall–Kier alpha value is -3.68. The van der Waals surface area contributed by atoms with Crippen molar-refractivity contribution in [1.29, 1.82) is 0 Å². The molecule has 120 valence electrons. The number of amides is 1. The fourth-order valence-corrected chi connectivity index (χ4v) is 2.13. The zero-order valence-corrected chi connectivity index (χ0v) is 12.2. The van der Waals surface area contributed by atoms with Gasteiger partial charge in [0.1, 0.15) is 10.7 Å². The summed E-state index contributed by atoms with van der Waals surface area (Å²) in [7, 11) is 0. The first-order valence-electron chi connectivity index (χ1n) is 6.84. The summed E-state index contributed by atoms with van der Waals surface area (Å²) >= 11 is 0. The maximum Gasteiger partial charge on any atom is 0.433 e. The molecule has 0 atom stereocenters. The number of carbonyl (C=O) groups excluding carboxylic acids is 1. The third-order valence-corrected chi connectivity index (χ3v) is 3.26. The third kappa shape index (κ3) is 3.07. The number of fused-ring (bicyclic) bond motifs is 1. The normalized spacial score (nSPS) is 11.0. The molecule has 24 heavy (non-hydrogen) atoms. The van der Waals surface area contributed by atoms with E-state index in [1.54, 1.807) is 6.07 Å². The van der Waals surface area contributed by atoms with Crippen LogP contribution in [0.3, 0.4) is 0 Å². The van der Waals surface area contributed by atoms with Crippen molar-refractivity contribution in [2.24, 2.45) is 5.10 Å². The average Bonchev–Trinajstić information content (AvgIpc) is 3.03. The van der Waals surface area contributed by atoms with Crippen LogP contribution in [0.4, 0.5) is 5.88 Å². The molecule has 0 aliphatic heterocycles. The number of phenols is 1. The Balaban J connectivity index is 1.75. The van der Waals surface area contributed by atoms with E-state index in [4.69, 9.17) is 4.42 Å². The number of nitro groups is 1. The van der Waals surface area contributed by atoms with Gasteiger partial charge in [0.05, 0.1) is 17.8 Å². The Morgan fingerprint density at radius 3 is 2.58 bits per heavy atom. The molecule has 3 rings (SSSR count). The van der Waals surface area contributed by atoms with Crippen molar-refractivity contribution in [2.75, 3.05) is 0 Å². The van der Waals surface area contributed by atoms with E-state index in [2.05, 4.69) is 10.5 Å². The zero-order chi connectivity index (χ0) is 17.1. The largest absolute Gasteiger partial charge is 0.507 e. The van der Waals surface area contributed by atoms with Crippen molar-refractivity contribution in [1.82, 2.24) is 5.43 Å². The van der Waals surface area contributed by atoms with Gasteiger partial charge in [-0.05, 0) is 29.0 Å². The quantitative estimate of drug-likeness (QED) is 0.434. The second-order valence-electron chi connectivity index (χ2n) is 4.85. The lowest BCUT2D eigenvalue weighted by Gasteiger charge is -2.05. The maximum atomic E-state index is 12.1. The predicted molar refractivity (Wildman–Crippen MR) is 86.0 cm³/mol. The van der Waals surface area contributed by atoms with E-state index in [1.165, 1.54) is 18.2 Å². The molecule has 1 heterocycles. The van der Waals surface area contributed by atoms with Gasteiger partial charge in [0.2, 0.25) is 0 Å². The van der Waals surface area contributed by atoms with Crippen molar-refractivity contribution >= 4 is 28.8 Å². The first-order valence-corrected chi connectivity index (χ1v) is 6.84. The summed E-state index contributed by atoms with van der Waals surface area (Å²) in [5.74, 6) is -1.09. The molecule has 0 spiro atoms. The molecule has 0 aliphatic carbocycles. The summed E-state index contributed by atoms with van der Waals surface area (Å²) in [4.78, 5) is 21.9. The van der Waals surface area contributed by atoms with Crippen molar-refractivity contribution in [3.8, 4) is 5.75 Å². The predicted octanol–water partition coefficient (Wildman–Crippen LogP) is 2.81. The molecule has 8 nitrogen and oxygen atoms in total. The number of rotatable bonds is 4. The van der Waals surface area contributed by atoms with Gasteiger partial charge in [0.25, 0.3) is 5.91 Å². The Morgan fingerprint density at radius 1 is 1.21 bits per heavy atom. The van der Waals surface area contributed by atoms with E-state index in [-0.39, 0.29) is 17.1 Å². The lowest BCUT2D eigenvalue weighted by atomic mass is 10.1. The van der Waals surface area contributed by atoms with Gasteiger partial charge in [-0.3, -0.25) is 14.9 Å². The molecule has 2 aromatic carbocycles. The van der Waals surface area contributed by atoms with E-state index < -0.39 is 16.7 Å². The topological polar surface area (TPSA) is 118 Å². The van der Waals surface area contributed by atoms with Crippen LogP contribution < -0.4 is 5.43 Å². The van der Waals surface area contributed by atoms with Crippen LogP contribution in [0.5, 0.6) is 5.75 Å². The minimum absolute atomic E-state index is 0.0660. The summed E-state index contributed by atoms with van der Waals surface area (Å²) in [6.07, 6.45) is 1.13. The smallest absolute Gasteiger partial charge is 0.433 e. The van der Waals surface area contributed by atoms with E-state index >= 15 is 0 Å². The van der Waals surface area contributed by atoms with Crippen LogP contribution >= 0.6 is 0 Å². The molecule has 2 N–H and O–H groups in total. The SMILES string of the molecule is O=C(N/N=C\c1ccc([N+](=O)[O-])o1)c1cc2ccccc2cc1O. The Labute approximate surface area is 135 Å². The molecule has 1 aromatic heterocycles. The molecule has 0 fully saturated rings. The van der Waals surface area contributed by atoms with Gasteiger partial charge in [-0.2, -0.15) is 5.10 Å². The number of phenolic OH excluding ortho intramolecular Hbond substituents is 1. The highest BCUT2D eigenvalue weighted by atomic mass is 16.6. The molecular weight excluding hydrogens is 314 g/mol. The van der Waals surface area contributed by atoms with Crippen LogP contribution in [0, 0.1) is 10.1 Å². The molecule has 0 saturated carbocycles. The van der Waals surface area contributed by atoms with E-state index in [9.17, 15) is 20.0 Å². The molecule has 0 unspecified atom stereocenters. The van der Waals surface area contributed by atoms with E-state index in [0.29, 0.717) is 0 Å². The second kappa shape index (κ2) is 6.21. The van der Waals surface area contributed by atoms with Gasteiger partial charge < -0.3 is 9.52 Å². The van der Waals surface area contributed by atoms with Crippen LogP contribution in [-0.2, 0) is 0 Å². The Kier molecular flexibility index (Phi) is 3.94. The zero-order valence-electron chi connectivity index (χ0n) is 12.2. The summed E-state index contributed by atoms with van der Waals surface area (Å²) in [6.45, 7) is 0. The molecular formula is C16H11N3O5. The fraction of sp³-hybridized carbons (Fsp3) is 0. The van der Waals surface area contributed by atoms with Crippen molar-refractivity contribution in [2.45, 2.75) is 0 Å². The van der Waals surface area contributed by atoms with Gasteiger partial charge in [0.15, 0.2) is 5.76 Å². The number of hydrogen-bond donors (Lipinski definition) is 2. The number of hydrogen-bond acceptors (Lipinski definition) is 6. The number of nitrogens with zero attached hydrogens (tertiary/aromatic N) is 2. The van der Waals surface area contributed by atoms with Gasteiger partial charge >= 0.3 is 5.88 Å². The Morgan fingerprint density at radius 2 is 1.92 bits per heavy atom. The molecule has 1 amide bonds. The van der Waals surface area contributed by atoms with Crippen LogP contribution in [0.15, 0.2) is 58.0 Å². The maximum absolute atomic E-state index is 12.1. The summed E-state index contributed by atoms with van der Waals surface area (Å²) < 4.78 is 4.86. The minimum atomic E-state index is -0.678. The number of carbonyl (C=O) groups is 1. The van der Waals surface area contributed by atoms with Crippen molar-refractivity contribution in [3.05, 3.63) is 70.0 Å². The first kappa shape index (κ1) is 15.2. The lowest BCUT2D eigenvalue weighted by Crippen LogP contribution is -2.17. The number of nitrogens with one attached hydrogen (secondary N) is 1. The number of benzene rings is 2. The molecule has 0 radical (unpaired) electrons. The van der Waals surface area contributed by atoms with Gasteiger partial charge in [-0.25, -0.2) is 5.43 Å². The monoisotopic (exact) mass is 325 g/mol. The molecule has 0 aliphatic rings. The number of furan rings is 1. The standard InChI is InChI=1S/C16H11N3O5/c20-14-8-11-4-2-1-3-10(11)7-13(14)16(21)18-17-9-12-5-6-15(24-12)19(22)23/h1-9,20H,(H,18,21)/b17-9-. The summed E-state index contributed by atoms with van der Waals surface area (Å²) in [5.41, 5.74) is 2.30.